The first-order valence-electron chi connectivity index (χ1n) is 20.7. The van der Waals surface area contributed by atoms with Gasteiger partial charge in [0.1, 0.15) is 5.41 Å². The van der Waals surface area contributed by atoms with E-state index in [0.29, 0.717) is 16.8 Å². The normalized spacial score (nSPS) is 19.9. The average molecular weight is 907 g/mol. The van der Waals surface area contributed by atoms with E-state index in [1.165, 1.54) is 23.1 Å². The molecule has 3 atom stereocenters. The number of hydrogen-bond donors (Lipinski definition) is 0. The highest BCUT2D eigenvalue weighted by atomic mass is 32.2. The van der Waals surface area contributed by atoms with Gasteiger partial charge in [0.2, 0.25) is 5.91 Å². The number of anilines is 2. The van der Waals surface area contributed by atoms with Gasteiger partial charge in [-0.05, 0) is 83.7 Å². The smallest absolute Gasteiger partial charge is 0.411 e. The summed E-state index contributed by atoms with van der Waals surface area (Å²) in [5.41, 5.74) is -5.03. The molecule has 4 aromatic rings. The molecule has 0 saturated heterocycles. The summed E-state index contributed by atoms with van der Waals surface area (Å²) in [6.45, 7) is 21.1. The maximum Gasteiger partial charge on any atom is 0.534 e. The molecule has 6 rings (SSSR count). The number of amides is 2. The zero-order chi connectivity index (χ0) is 45.7. The van der Waals surface area contributed by atoms with E-state index in [4.69, 9.17) is 13.0 Å². The number of carbonyl (C=O) groups excluding carboxylic acids is 2. The fourth-order valence-electron chi connectivity index (χ4n) is 7.49. The van der Waals surface area contributed by atoms with Crippen molar-refractivity contribution in [3.8, 4) is 5.75 Å². The molecule has 332 valence electrons. The number of nitrogens with zero attached hydrogens (tertiary/aromatic N) is 2. The van der Waals surface area contributed by atoms with Gasteiger partial charge < -0.3 is 22.8 Å². The van der Waals surface area contributed by atoms with Crippen LogP contribution in [0, 0.1) is 0 Å². The summed E-state index contributed by atoms with van der Waals surface area (Å²) < 4.78 is 85.9. The van der Waals surface area contributed by atoms with Gasteiger partial charge in [-0.2, -0.15) is 21.6 Å². The van der Waals surface area contributed by atoms with E-state index in [1.54, 1.807) is 41.3 Å². The third kappa shape index (κ3) is 9.10. The van der Waals surface area contributed by atoms with Gasteiger partial charge in [0, 0.05) is 11.3 Å². The van der Waals surface area contributed by atoms with E-state index < -0.39 is 61.5 Å². The molecule has 4 aromatic carbocycles. The second-order valence-corrected chi connectivity index (χ2v) is 30.2. The van der Waals surface area contributed by atoms with Crippen LogP contribution in [-0.2, 0) is 47.1 Å². The van der Waals surface area contributed by atoms with Gasteiger partial charge in [0.05, 0.1) is 31.0 Å². The quantitative estimate of drug-likeness (QED) is 0.0792. The molecular formula is C47H57F3N2O7SSi2. The lowest BCUT2D eigenvalue weighted by Gasteiger charge is -2.49. The number of fused-ring (bicyclic) bond motifs is 2. The highest BCUT2D eigenvalue weighted by molar-refractivity contribution is 7.88. The van der Waals surface area contributed by atoms with Crippen LogP contribution < -0.4 is 14.0 Å². The molecule has 0 saturated carbocycles. The highest BCUT2D eigenvalue weighted by Crippen LogP contribution is 2.55. The van der Waals surface area contributed by atoms with Crippen LogP contribution >= 0.6 is 0 Å². The van der Waals surface area contributed by atoms with E-state index in [2.05, 4.69) is 67.7 Å². The van der Waals surface area contributed by atoms with E-state index >= 15 is 9.59 Å². The SMILES string of the molecule is CC(C)(C)[Si](C)(C)O[C@@H]1C=C(C(=O)N(Cc2ccccc2)c2ccccc2OS(=O)(=O)C(F)(F)F)C2(C[C@H]1O[Si](C)(C)C(C)(C)C)C(=O)N(Cc1ccccc1)c1ccccc12. The van der Waals surface area contributed by atoms with Crippen LogP contribution in [0.3, 0.4) is 0 Å². The lowest BCUT2D eigenvalue weighted by molar-refractivity contribution is -0.127. The van der Waals surface area contributed by atoms with Gasteiger partial charge >= 0.3 is 15.6 Å². The zero-order valence-corrected chi connectivity index (χ0v) is 39.9. The number of hydrogen-bond acceptors (Lipinski definition) is 7. The number of halogens is 3. The van der Waals surface area contributed by atoms with Gasteiger partial charge in [-0.25, -0.2) is 0 Å². The molecule has 0 radical (unpaired) electrons. The third-order valence-corrected chi connectivity index (χ3v) is 22.8. The van der Waals surface area contributed by atoms with Gasteiger partial charge in [0.15, 0.2) is 22.4 Å². The first-order valence-corrected chi connectivity index (χ1v) is 27.9. The van der Waals surface area contributed by atoms with Crippen molar-refractivity contribution in [2.45, 2.75) is 120 Å². The third-order valence-electron chi connectivity index (χ3n) is 12.9. The minimum atomic E-state index is -6.16. The molecule has 9 nitrogen and oxygen atoms in total. The Balaban J connectivity index is 1.65. The molecule has 1 aliphatic carbocycles. The Hall–Kier alpha value is -4.55. The van der Waals surface area contributed by atoms with Gasteiger partial charge in [-0.1, -0.05) is 133 Å². The number of benzene rings is 4. The Labute approximate surface area is 366 Å². The molecule has 1 spiro atoms. The number of alkyl halides is 3. The van der Waals surface area contributed by atoms with Crippen molar-refractivity contribution in [2.75, 3.05) is 9.80 Å². The maximum absolute atomic E-state index is 16.0. The van der Waals surface area contributed by atoms with Gasteiger partial charge in [0.25, 0.3) is 5.91 Å². The Morgan fingerprint density at radius 3 is 1.85 bits per heavy atom. The Morgan fingerprint density at radius 1 is 0.758 bits per heavy atom. The van der Waals surface area contributed by atoms with Crippen molar-refractivity contribution in [3.05, 3.63) is 138 Å². The molecule has 0 aromatic heterocycles. The monoisotopic (exact) mass is 906 g/mol. The number of carbonyl (C=O) groups is 2. The standard InChI is InChI=1S/C47H57F3N2O7SSi2/c1-44(2,3)61(7,8)58-40-29-36(42(53)51(31-33-21-13-11-14-22-33)38-27-19-20-28-39(38)57-60(55,56)47(48,49)50)46(30-41(40)59-62(9,10)45(4,5)6)35-25-17-18-26-37(35)52(43(46)54)32-34-23-15-12-16-24-34/h11-29,40-41H,30-32H2,1-10H3/t40-,41-,46?/m1/s1. The van der Waals surface area contributed by atoms with E-state index in [-0.39, 0.29) is 46.8 Å². The van der Waals surface area contributed by atoms with E-state index in [9.17, 15) is 21.6 Å². The molecule has 0 bridgehead atoms. The van der Waals surface area contributed by atoms with Gasteiger partial charge in [-0.3, -0.25) is 9.59 Å². The fraction of sp³-hybridized carbons (Fsp3) is 0.404. The lowest BCUT2D eigenvalue weighted by atomic mass is 9.66. The van der Waals surface area contributed by atoms with Crippen molar-refractivity contribution < 1.29 is 44.2 Å². The first-order chi connectivity index (χ1) is 28.7. The predicted octanol–water partition coefficient (Wildman–Crippen LogP) is 11.0. The predicted molar refractivity (Wildman–Crippen MR) is 242 cm³/mol. The molecule has 1 aliphatic heterocycles. The van der Waals surface area contributed by atoms with Crippen LogP contribution in [-0.4, -0.2) is 54.6 Å². The molecule has 62 heavy (non-hydrogen) atoms. The topological polar surface area (TPSA) is 102 Å². The summed E-state index contributed by atoms with van der Waals surface area (Å²) >= 11 is 0. The minimum absolute atomic E-state index is 0.0112. The van der Waals surface area contributed by atoms with Crippen LogP contribution in [0.1, 0.15) is 64.7 Å². The van der Waals surface area contributed by atoms with Crippen molar-refractivity contribution in [1.82, 2.24) is 0 Å². The van der Waals surface area contributed by atoms with Crippen molar-refractivity contribution in [1.29, 1.82) is 0 Å². The molecule has 1 unspecified atom stereocenters. The molecular weight excluding hydrogens is 850 g/mol. The fourth-order valence-corrected chi connectivity index (χ4v) is 10.5. The minimum Gasteiger partial charge on any atom is -0.411 e. The summed E-state index contributed by atoms with van der Waals surface area (Å²) in [6, 6.07) is 30.8. The van der Waals surface area contributed by atoms with Crippen molar-refractivity contribution in [2.24, 2.45) is 0 Å². The summed E-state index contributed by atoms with van der Waals surface area (Å²) in [4.78, 5) is 34.7. The molecule has 15 heteroatoms. The Morgan fingerprint density at radius 2 is 1.27 bits per heavy atom. The van der Waals surface area contributed by atoms with Crippen LogP contribution in [0.15, 0.2) is 121 Å². The van der Waals surface area contributed by atoms with Crippen molar-refractivity contribution in [3.63, 3.8) is 0 Å². The Bertz CT molecular complexity index is 2430. The summed E-state index contributed by atoms with van der Waals surface area (Å²) in [6.07, 6.45) is 0.189. The van der Waals surface area contributed by atoms with E-state index in [1.807, 2.05) is 54.6 Å². The van der Waals surface area contributed by atoms with Crippen molar-refractivity contribution >= 4 is 49.9 Å². The highest BCUT2D eigenvalue weighted by Gasteiger charge is 2.61. The largest absolute Gasteiger partial charge is 0.534 e. The zero-order valence-electron chi connectivity index (χ0n) is 37.0. The number of para-hydroxylation sites is 3. The second-order valence-electron chi connectivity index (χ2n) is 19.2. The first kappa shape index (κ1) is 46.9. The molecule has 0 fully saturated rings. The second kappa shape index (κ2) is 16.9. The average Bonchev–Trinajstić information content (AvgIpc) is 3.40. The molecule has 1 heterocycles. The summed E-state index contributed by atoms with van der Waals surface area (Å²) in [5, 5.41) is -0.519. The van der Waals surface area contributed by atoms with Gasteiger partial charge in [-0.15, -0.1) is 0 Å². The van der Waals surface area contributed by atoms with E-state index in [0.717, 1.165) is 11.6 Å². The molecule has 2 amide bonds. The Kier molecular flexibility index (Phi) is 12.8. The summed E-state index contributed by atoms with van der Waals surface area (Å²) in [5.74, 6) is -1.83. The molecule has 0 N–H and O–H groups in total. The van der Waals surface area contributed by atoms with Crippen LogP contribution in [0.2, 0.25) is 36.3 Å². The lowest BCUT2D eigenvalue weighted by Crippen LogP contribution is -2.58. The number of rotatable bonds is 12. The molecule has 2 aliphatic rings. The van der Waals surface area contributed by atoms with Crippen LogP contribution in [0.4, 0.5) is 24.5 Å². The summed E-state index contributed by atoms with van der Waals surface area (Å²) in [7, 11) is -11.4. The maximum atomic E-state index is 16.0. The van der Waals surface area contributed by atoms with Crippen LogP contribution in [0.25, 0.3) is 0 Å². The van der Waals surface area contributed by atoms with Crippen LogP contribution in [0.5, 0.6) is 5.75 Å².